The molecule has 8 nitrogen and oxygen atoms in total. The van der Waals surface area contributed by atoms with Gasteiger partial charge in [0.1, 0.15) is 17.8 Å². The smallest absolute Gasteiger partial charge is 0.262 e. The highest BCUT2D eigenvalue weighted by molar-refractivity contribution is 6.22. The number of hydrogen-bond donors (Lipinski definition) is 1. The lowest BCUT2D eigenvalue weighted by molar-refractivity contribution is -0.151. The molecule has 0 spiro atoms. The molecule has 0 saturated heterocycles. The van der Waals surface area contributed by atoms with Gasteiger partial charge in [-0.05, 0) is 111 Å². The molecule has 3 aromatic carbocycles. The topological polar surface area (TPSA) is 99.9 Å². The number of benzene rings is 3. The molecule has 4 amide bonds. The molecule has 0 radical (unpaired) electrons. The van der Waals surface area contributed by atoms with Crippen LogP contribution in [-0.2, 0) is 29.0 Å². The van der Waals surface area contributed by atoms with Crippen LogP contribution in [0.25, 0.3) is 0 Å². The maximum absolute atomic E-state index is 14.9. The SMILES string of the molecule is Cc1cc(C)c(NC(=O)C2(N(Cc3ccco3)C(=O)CN3C(=O)c4ccccc4C3=O)CCC3Cc4ccccc4CC3C2)c(C)c1. The molecular formula is C39H39N3O5. The van der Waals surface area contributed by atoms with Crippen molar-refractivity contribution in [2.75, 3.05) is 11.9 Å². The molecule has 240 valence electrons. The number of amides is 4. The van der Waals surface area contributed by atoms with Crippen LogP contribution in [0.5, 0.6) is 0 Å². The van der Waals surface area contributed by atoms with E-state index in [-0.39, 0.29) is 29.5 Å². The van der Waals surface area contributed by atoms with E-state index in [4.69, 9.17) is 4.42 Å². The molecule has 8 heteroatoms. The molecule has 1 N–H and O–H groups in total. The first-order chi connectivity index (χ1) is 22.6. The van der Waals surface area contributed by atoms with Crippen molar-refractivity contribution in [2.45, 2.75) is 65.0 Å². The summed E-state index contributed by atoms with van der Waals surface area (Å²) in [4.78, 5) is 58.9. The van der Waals surface area contributed by atoms with Gasteiger partial charge in [0.15, 0.2) is 0 Å². The summed E-state index contributed by atoms with van der Waals surface area (Å²) in [6, 6.07) is 22.7. The Morgan fingerprint density at radius 3 is 2.11 bits per heavy atom. The van der Waals surface area contributed by atoms with E-state index in [9.17, 15) is 19.2 Å². The molecule has 3 atom stereocenters. The van der Waals surface area contributed by atoms with Crippen molar-refractivity contribution in [1.29, 1.82) is 0 Å². The molecule has 1 fully saturated rings. The van der Waals surface area contributed by atoms with E-state index >= 15 is 0 Å². The molecule has 4 aromatic rings. The number of furan rings is 1. The second kappa shape index (κ2) is 12.0. The number of imide groups is 1. The number of aryl methyl sites for hydroxylation is 3. The zero-order chi connectivity index (χ0) is 32.9. The van der Waals surface area contributed by atoms with Crippen LogP contribution in [0.15, 0.2) is 83.5 Å². The van der Waals surface area contributed by atoms with Gasteiger partial charge in [-0.3, -0.25) is 24.1 Å². The van der Waals surface area contributed by atoms with Gasteiger partial charge in [0.25, 0.3) is 11.8 Å². The fourth-order valence-electron chi connectivity index (χ4n) is 8.21. The van der Waals surface area contributed by atoms with Crippen molar-refractivity contribution in [3.05, 3.63) is 124 Å². The van der Waals surface area contributed by atoms with Gasteiger partial charge in [-0.2, -0.15) is 0 Å². The number of nitrogens with one attached hydrogen (secondary N) is 1. The molecule has 2 heterocycles. The number of anilines is 1. The van der Waals surface area contributed by atoms with Crippen molar-refractivity contribution in [3.8, 4) is 0 Å². The Labute approximate surface area is 274 Å². The van der Waals surface area contributed by atoms with Gasteiger partial charge < -0.3 is 14.6 Å². The molecule has 1 aromatic heterocycles. The van der Waals surface area contributed by atoms with Crippen molar-refractivity contribution in [2.24, 2.45) is 11.8 Å². The summed E-state index contributed by atoms with van der Waals surface area (Å²) in [5.74, 6) is -0.680. The van der Waals surface area contributed by atoms with Gasteiger partial charge in [0, 0.05) is 5.69 Å². The molecule has 3 aliphatic rings. The maximum atomic E-state index is 14.9. The number of fused-ring (bicyclic) bond motifs is 3. The van der Waals surface area contributed by atoms with Gasteiger partial charge in [-0.1, -0.05) is 54.1 Å². The monoisotopic (exact) mass is 629 g/mol. The summed E-state index contributed by atoms with van der Waals surface area (Å²) in [7, 11) is 0. The number of carbonyl (C=O) groups is 4. The third kappa shape index (κ3) is 5.45. The number of nitrogens with zero attached hydrogens (tertiary/aromatic N) is 2. The van der Waals surface area contributed by atoms with E-state index in [0.717, 1.165) is 46.5 Å². The van der Waals surface area contributed by atoms with E-state index in [2.05, 4.69) is 29.6 Å². The predicted molar refractivity (Wildman–Crippen MR) is 178 cm³/mol. The molecule has 3 unspecified atom stereocenters. The van der Waals surface area contributed by atoms with Crippen LogP contribution in [0, 0.1) is 32.6 Å². The zero-order valence-electron chi connectivity index (χ0n) is 27.0. The molecule has 2 aliphatic carbocycles. The van der Waals surface area contributed by atoms with Crippen LogP contribution in [-0.4, -0.2) is 45.5 Å². The number of hydrogen-bond acceptors (Lipinski definition) is 5. The van der Waals surface area contributed by atoms with Crippen LogP contribution in [0.1, 0.15) is 73.6 Å². The van der Waals surface area contributed by atoms with Crippen LogP contribution in [0.2, 0.25) is 0 Å². The Hall–Kier alpha value is -4.98. The van der Waals surface area contributed by atoms with Crippen LogP contribution >= 0.6 is 0 Å². The van der Waals surface area contributed by atoms with Crippen molar-refractivity contribution in [1.82, 2.24) is 9.80 Å². The minimum Gasteiger partial charge on any atom is -0.467 e. The highest BCUT2D eigenvalue weighted by atomic mass is 16.3. The second-order valence-electron chi connectivity index (χ2n) is 13.5. The van der Waals surface area contributed by atoms with Crippen LogP contribution < -0.4 is 5.32 Å². The van der Waals surface area contributed by atoms with Crippen LogP contribution in [0.3, 0.4) is 0 Å². The maximum Gasteiger partial charge on any atom is 0.262 e. The van der Waals surface area contributed by atoms with E-state index in [1.807, 2.05) is 32.9 Å². The average Bonchev–Trinajstić information content (AvgIpc) is 3.66. The van der Waals surface area contributed by atoms with E-state index in [0.29, 0.717) is 24.5 Å². The fourth-order valence-corrected chi connectivity index (χ4v) is 8.21. The average molecular weight is 630 g/mol. The number of rotatable bonds is 7. The second-order valence-corrected chi connectivity index (χ2v) is 13.5. The van der Waals surface area contributed by atoms with Gasteiger partial charge in [0.05, 0.1) is 23.9 Å². The summed E-state index contributed by atoms with van der Waals surface area (Å²) in [5.41, 5.74) is 5.67. The normalized spacial score (nSPS) is 21.6. The third-order valence-corrected chi connectivity index (χ3v) is 10.5. The molecule has 0 bridgehead atoms. The van der Waals surface area contributed by atoms with Crippen LogP contribution in [0.4, 0.5) is 5.69 Å². The lowest BCUT2D eigenvalue weighted by Gasteiger charge is -2.51. The largest absolute Gasteiger partial charge is 0.467 e. The molecule has 47 heavy (non-hydrogen) atoms. The molecule has 7 rings (SSSR count). The fraction of sp³-hybridized carbons (Fsp3) is 0.333. The quantitative estimate of drug-likeness (QED) is 0.238. The van der Waals surface area contributed by atoms with Crippen molar-refractivity contribution in [3.63, 3.8) is 0 Å². The lowest BCUT2D eigenvalue weighted by atomic mass is 9.62. The summed E-state index contributed by atoms with van der Waals surface area (Å²) in [6.45, 7) is 5.54. The highest BCUT2D eigenvalue weighted by Gasteiger charge is 2.53. The Bertz CT molecular complexity index is 1840. The summed E-state index contributed by atoms with van der Waals surface area (Å²) in [6.07, 6.45) is 4.96. The molecule has 1 saturated carbocycles. The molecule has 1 aliphatic heterocycles. The first-order valence-corrected chi connectivity index (χ1v) is 16.4. The Morgan fingerprint density at radius 1 is 0.872 bits per heavy atom. The standard InChI is InChI=1S/C39H39N3O5/c1-24-17-25(2)35(26(3)18-24)40-38(46)39(15-14-29-19-27-9-4-5-10-28(27)20-30(29)21-39)42(22-31-11-8-16-47-31)34(43)23-41-36(44)32-12-6-7-13-33(32)37(41)45/h4-13,16-18,29-30H,14-15,19-23H2,1-3H3,(H,40,46). The van der Waals surface area contributed by atoms with Gasteiger partial charge in [0.2, 0.25) is 11.8 Å². The van der Waals surface area contributed by atoms with E-state index in [1.165, 1.54) is 11.1 Å². The van der Waals surface area contributed by atoms with E-state index in [1.54, 1.807) is 47.6 Å². The Balaban J connectivity index is 1.29. The van der Waals surface area contributed by atoms with Crippen molar-refractivity contribution >= 4 is 29.3 Å². The summed E-state index contributed by atoms with van der Waals surface area (Å²) >= 11 is 0. The van der Waals surface area contributed by atoms with Gasteiger partial charge in [-0.25, -0.2) is 0 Å². The van der Waals surface area contributed by atoms with Gasteiger partial charge >= 0.3 is 0 Å². The minimum absolute atomic E-state index is 0.0300. The Morgan fingerprint density at radius 2 is 1.49 bits per heavy atom. The first-order valence-electron chi connectivity index (χ1n) is 16.4. The highest BCUT2D eigenvalue weighted by Crippen LogP contribution is 2.47. The predicted octanol–water partition coefficient (Wildman–Crippen LogP) is 6.42. The third-order valence-electron chi connectivity index (χ3n) is 10.5. The summed E-state index contributed by atoms with van der Waals surface area (Å²) in [5, 5.41) is 3.26. The lowest BCUT2D eigenvalue weighted by Crippen LogP contribution is -2.63. The minimum atomic E-state index is -1.25. The first kappa shape index (κ1) is 30.7. The zero-order valence-corrected chi connectivity index (χ0v) is 27.0. The van der Waals surface area contributed by atoms with Crippen molar-refractivity contribution < 1.29 is 23.6 Å². The van der Waals surface area contributed by atoms with E-state index < -0.39 is 29.8 Å². The molecular weight excluding hydrogens is 590 g/mol. The van der Waals surface area contributed by atoms with Gasteiger partial charge in [-0.15, -0.1) is 0 Å². The summed E-state index contributed by atoms with van der Waals surface area (Å²) < 4.78 is 5.74. The Kier molecular flexibility index (Phi) is 7.82. The number of carbonyl (C=O) groups excluding carboxylic acids is 4.